The number of hydrogen-bond acceptors (Lipinski definition) is 4. The first-order chi connectivity index (χ1) is 11.4. The SMILES string of the molecule is CN1CC(C(=O)Nc2cccc(CSN3CCCCC3(C)C)c2)C1. The van der Waals surface area contributed by atoms with Crippen molar-refractivity contribution in [1.29, 1.82) is 0 Å². The van der Waals surface area contributed by atoms with Crippen LogP contribution >= 0.6 is 11.9 Å². The summed E-state index contributed by atoms with van der Waals surface area (Å²) >= 11 is 1.92. The van der Waals surface area contributed by atoms with Gasteiger partial charge in [0.2, 0.25) is 5.91 Å². The van der Waals surface area contributed by atoms with Gasteiger partial charge in [0.1, 0.15) is 0 Å². The minimum atomic E-state index is 0.141. The zero-order valence-electron chi connectivity index (χ0n) is 15.0. The number of likely N-dealkylation sites (tertiary alicyclic amines) is 1. The Balaban J connectivity index is 1.54. The van der Waals surface area contributed by atoms with E-state index in [0.29, 0.717) is 0 Å². The number of piperidine rings is 1. The smallest absolute Gasteiger partial charge is 0.230 e. The van der Waals surface area contributed by atoms with Gasteiger partial charge in [0.25, 0.3) is 0 Å². The third-order valence-corrected chi connectivity index (χ3v) is 6.54. The molecule has 0 aliphatic carbocycles. The molecule has 1 aromatic carbocycles. The number of amides is 1. The zero-order chi connectivity index (χ0) is 17.2. The van der Waals surface area contributed by atoms with Crippen molar-refractivity contribution in [3.8, 4) is 0 Å². The maximum Gasteiger partial charge on any atom is 0.230 e. The summed E-state index contributed by atoms with van der Waals surface area (Å²) < 4.78 is 2.53. The molecule has 3 rings (SSSR count). The summed E-state index contributed by atoms with van der Waals surface area (Å²) in [6.07, 6.45) is 3.90. The van der Waals surface area contributed by atoms with Crippen molar-refractivity contribution in [3.63, 3.8) is 0 Å². The van der Waals surface area contributed by atoms with Gasteiger partial charge >= 0.3 is 0 Å². The number of carbonyl (C=O) groups is 1. The second kappa shape index (κ2) is 7.46. The van der Waals surface area contributed by atoms with Crippen LogP contribution in [0.2, 0.25) is 0 Å². The van der Waals surface area contributed by atoms with Crippen LogP contribution in [-0.2, 0) is 10.5 Å². The molecule has 1 aromatic rings. The summed E-state index contributed by atoms with van der Waals surface area (Å²) in [6, 6.07) is 8.29. The number of anilines is 1. The summed E-state index contributed by atoms with van der Waals surface area (Å²) in [7, 11) is 2.05. The van der Waals surface area contributed by atoms with Crippen LogP contribution in [0.4, 0.5) is 5.69 Å². The molecule has 1 amide bonds. The summed E-state index contributed by atoms with van der Waals surface area (Å²) in [6.45, 7) is 7.58. The van der Waals surface area contributed by atoms with Crippen LogP contribution in [0.5, 0.6) is 0 Å². The lowest BCUT2D eigenvalue weighted by molar-refractivity contribution is -0.124. The van der Waals surface area contributed by atoms with E-state index in [1.807, 2.05) is 31.1 Å². The number of nitrogens with one attached hydrogen (secondary N) is 1. The van der Waals surface area contributed by atoms with E-state index in [2.05, 4.69) is 40.5 Å². The molecule has 0 spiro atoms. The van der Waals surface area contributed by atoms with Gasteiger partial charge in [-0.2, -0.15) is 0 Å². The topological polar surface area (TPSA) is 35.6 Å². The fourth-order valence-corrected chi connectivity index (χ4v) is 4.66. The number of carbonyl (C=O) groups excluding carboxylic acids is 1. The molecule has 0 bridgehead atoms. The van der Waals surface area contributed by atoms with Crippen molar-refractivity contribution < 1.29 is 4.79 Å². The van der Waals surface area contributed by atoms with Crippen molar-refractivity contribution >= 4 is 23.5 Å². The summed E-state index contributed by atoms with van der Waals surface area (Å²) in [4.78, 5) is 14.4. The molecule has 2 saturated heterocycles. The molecule has 24 heavy (non-hydrogen) atoms. The average Bonchev–Trinajstić information content (AvgIpc) is 2.50. The number of rotatable bonds is 5. The summed E-state index contributed by atoms with van der Waals surface area (Å²) in [5.41, 5.74) is 2.47. The van der Waals surface area contributed by atoms with Gasteiger partial charge in [0.15, 0.2) is 0 Å². The van der Waals surface area contributed by atoms with Gasteiger partial charge in [0, 0.05) is 36.6 Å². The molecule has 2 fully saturated rings. The van der Waals surface area contributed by atoms with Gasteiger partial charge in [-0.25, -0.2) is 4.31 Å². The first-order valence-corrected chi connectivity index (χ1v) is 9.87. The Morgan fingerprint density at radius 2 is 2.12 bits per heavy atom. The van der Waals surface area contributed by atoms with Crippen LogP contribution in [0.1, 0.15) is 38.7 Å². The molecule has 1 N–H and O–H groups in total. The van der Waals surface area contributed by atoms with Crippen LogP contribution in [0.3, 0.4) is 0 Å². The molecular formula is C19H29N3OS. The standard InChI is InChI=1S/C19H29N3OS/c1-19(2)9-4-5-10-22(19)24-14-15-7-6-8-17(11-15)20-18(23)16-12-21(3)13-16/h6-8,11,16H,4-5,9-10,12-14H2,1-3H3,(H,20,23). The van der Waals surface area contributed by atoms with Gasteiger partial charge in [-0.3, -0.25) is 4.79 Å². The molecule has 0 radical (unpaired) electrons. The van der Waals surface area contributed by atoms with Crippen molar-refractivity contribution in [2.45, 2.75) is 44.4 Å². The van der Waals surface area contributed by atoms with Gasteiger partial charge < -0.3 is 10.2 Å². The van der Waals surface area contributed by atoms with Gasteiger partial charge in [0.05, 0.1) is 5.92 Å². The van der Waals surface area contributed by atoms with E-state index in [-0.39, 0.29) is 17.4 Å². The molecule has 0 aromatic heterocycles. The van der Waals surface area contributed by atoms with E-state index >= 15 is 0 Å². The van der Waals surface area contributed by atoms with Gasteiger partial charge in [-0.1, -0.05) is 30.5 Å². The van der Waals surface area contributed by atoms with E-state index in [0.717, 1.165) is 24.5 Å². The molecule has 0 saturated carbocycles. The van der Waals surface area contributed by atoms with E-state index in [1.165, 1.54) is 31.4 Å². The Labute approximate surface area is 150 Å². The van der Waals surface area contributed by atoms with Gasteiger partial charge in [-0.15, -0.1) is 0 Å². The van der Waals surface area contributed by atoms with Crippen LogP contribution in [-0.4, -0.2) is 47.3 Å². The second-order valence-corrected chi connectivity index (χ2v) is 8.74. The third-order valence-electron chi connectivity index (χ3n) is 5.09. The Morgan fingerprint density at radius 1 is 1.33 bits per heavy atom. The predicted octanol–water partition coefficient (Wildman–Crippen LogP) is 3.60. The largest absolute Gasteiger partial charge is 0.326 e. The van der Waals surface area contributed by atoms with Crippen LogP contribution < -0.4 is 5.32 Å². The van der Waals surface area contributed by atoms with Crippen molar-refractivity contribution in [1.82, 2.24) is 9.21 Å². The molecule has 2 aliphatic heterocycles. The number of hydrogen-bond donors (Lipinski definition) is 1. The maximum atomic E-state index is 12.2. The lowest BCUT2D eigenvalue weighted by Gasteiger charge is -2.41. The molecule has 5 heteroatoms. The fraction of sp³-hybridized carbons (Fsp3) is 0.632. The van der Waals surface area contributed by atoms with E-state index in [1.54, 1.807) is 0 Å². The Kier molecular flexibility index (Phi) is 5.52. The predicted molar refractivity (Wildman–Crippen MR) is 102 cm³/mol. The maximum absolute atomic E-state index is 12.2. The normalized spacial score (nSPS) is 22.1. The molecule has 4 nitrogen and oxygen atoms in total. The lowest BCUT2D eigenvalue weighted by atomic mass is 9.93. The quantitative estimate of drug-likeness (QED) is 0.826. The fourth-order valence-electron chi connectivity index (χ4n) is 3.48. The molecule has 2 heterocycles. The third kappa shape index (κ3) is 4.32. The number of benzene rings is 1. The Hall–Kier alpha value is -1.04. The highest BCUT2D eigenvalue weighted by molar-refractivity contribution is 7.96. The average molecular weight is 348 g/mol. The van der Waals surface area contributed by atoms with E-state index in [4.69, 9.17) is 0 Å². The lowest BCUT2D eigenvalue weighted by Crippen LogP contribution is -2.49. The van der Waals surface area contributed by atoms with Gasteiger partial charge in [-0.05, 0) is 51.4 Å². The highest BCUT2D eigenvalue weighted by Gasteiger charge is 2.31. The van der Waals surface area contributed by atoms with Crippen molar-refractivity contribution in [3.05, 3.63) is 29.8 Å². The Morgan fingerprint density at radius 3 is 2.83 bits per heavy atom. The van der Waals surface area contributed by atoms with E-state index < -0.39 is 0 Å². The monoisotopic (exact) mass is 347 g/mol. The molecule has 0 atom stereocenters. The molecule has 132 valence electrons. The van der Waals surface area contributed by atoms with Crippen LogP contribution in [0, 0.1) is 5.92 Å². The summed E-state index contributed by atoms with van der Waals surface area (Å²) in [5.74, 6) is 1.25. The highest BCUT2D eigenvalue weighted by atomic mass is 32.2. The molecule has 2 aliphatic rings. The first kappa shape index (κ1) is 17.8. The first-order valence-electron chi connectivity index (χ1n) is 8.93. The summed E-state index contributed by atoms with van der Waals surface area (Å²) in [5, 5.41) is 3.07. The van der Waals surface area contributed by atoms with Crippen LogP contribution in [0.25, 0.3) is 0 Å². The minimum absolute atomic E-state index is 0.141. The molecular weight excluding hydrogens is 318 g/mol. The highest BCUT2D eigenvalue weighted by Crippen LogP contribution is 2.34. The zero-order valence-corrected chi connectivity index (χ0v) is 15.9. The minimum Gasteiger partial charge on any atom is -0.326 e. The van der Waals surface area contributed by atoms with Crippen LogP contribution in [0.15, 0.2) is 24.3 Å². The number of nitrogens with zero attached hydrogens (tertiary/aromatic N) is 2. The second-order valence-electron chi connectivity index (χ2n) is 7.75. The Bertz CT molecular complexity index is 584. The van der Waals surface area contributed by atoms with Crippen molar-refractivity contribution in [2.75, 3.05) is 32.0 Å². The van der Waals surface area contributed by atoms with E-state index in [9.17, 15) is 4.79 Å². The molecule has 0 unspecified atom stereocenters. The van der Waals surface area contributed by atoms with Crippen molar-refractivity contribution in [2.24, 2.45) is 5.92 Å².